The molecule has 1 aromatic carbocycles. The zero-order valence-corrected chi connectivity index (χ0v) is 12.1. The summed E-state index contributed by atoms with van der Waals surface area (Å²) < 4.78 is 6.43. The number of carbonyl (C=O) groups excluding carboxylic acids is 1. The molecule has 108 valence electrons. The zero-order chi connectivity index (χ0) is 15.0. The molecule has 8 heteroatoms. The molecule has 3 rings (SSSR count). The normalized spacial score (nSPS) is 17.2. The van der Waals surface area contributed by atoms with Gasteiger partial charge < -0.3 is 10.1 Å². The Kier molecular flexibility index (Phi) is 3.34. The van der Waals surface area contributed by atoms with Crippen LogP contribution >= 0.6 is 11.6 Å². The van der Waals surface area contributed by atoms with Gasteiger partial charge in [0.2, 0.25) is 5.95 Å². The number of ether oxygens (including phenoxy) is 1. The summed E-state index contributed by atoms with van der Waals surface area (Å²) in [6.07, 6.45) is 0. The number of benzene rings is 1. The number of fused-ring (bicyclic) bond motifs is 1. The number of anilines is 1. The lowest BCUT2D eigenvalue weighted by Gasteiger charge is -2.27. The van der Waals surface area contributed by atoms with E-state index in [0.29, 0.717) is 22.2 Å². The maximum atomic E-state index is 12.1. The van der Waals surface area contributed by atoms with E-state index in [1.807, 2.05) is 12.1 Å². The Morgan fingerprint density at radius 1 is 1.38 bits per heavy atom. The van der Waals surface area contributed by atoms with Gasteiger partial charge >= 0.3 is 5.97 Å². The smallest absolute Gasteiger partial charge is 0.338 e. The average molecular weight is 306 g/mol. The molecular formula is C13H12ClN5O2. The summed E-state index contributed by atoms with van der Waals surface area (Å²) in [5, 5.41) is 15.1. The predicted octanol–water partition coefficient (Wildman–Crippen LogP) is 1.79. The topological polar surface area (TPSA) is 81.9 Å². The van der Waals surface area contributed by atoms with E-state index >= 15 is 0 Å². The van der Waals surface area contributed by atoms with Gasteiger partial charge in [0.05, 0.1) is 12.7 Å². The number of allylic oxidation sites excluding steroid dienone is 1. The number of nitrogens with zero attached hydrogens (tertiary/aromatic N) is 4. The summed E-state index contributed by atoms with van der Waals surface area (Å²) in [6, 6.07) is 6.72. The summed E-state index contributed by atoms with van der Waals surface area (Å²) >= 11 is 5.92. The fourth-order valence-corrected chi connectivity index (χ4v) is 2.47. The number of nitrogens with one attached hydrogen (secondary N) is 1. The number of carbonyl (C=O) groups is 1. The van der Waals surface area contributed by atoms with Gasteiger partial charge in [0.25, 0.3) is 0 Å². The lowest BCUT2D eigenvalue weighted by molar-refractivity contribution is -0.136. The quantitative estimate of drug-likeness (QED) is 0.852. The van der Waals surface area contributed by atoms with Crippen LogP contribution in [0.1, 0.15) is 18.5 Å². The lowest BCUT2D eigenvalue weighted by atomic mass is 9.96. The molecule has 0 unspecified atom stereocenters. The molecule has 1 atom stereocenters. The molecular weight excluding hydrogens is 294 g/mol. The van der Waals surface area contributed by atoms with E-state index in [2.05, 4.69) is 20.8 Å². The fourth-order valence-electron chi connectivity index (χ4n) is 2.34. The van der Waals surface area contributed by atoms with Crippen molar-refractivity contribution < 1.29 is 9.53 Å². The molecule has 21 heavy (non-hydrogen) atoms. The third-order valence-corrected chi connectivity index (χ3v) is 3.56. The molecule has 0 fully saturated rings. The highest BCUT2D eigenvalue weighted by molar-refractivity contribution is 6.30. The molecule has 0 amide bonds. The van der Waals surface area contributed by atoms with Crippen molar-refractivity contribution in [2.24, 2.45) is 0 Å². The molecule has 0 aliphatic carbocycles. The summed E-state index contributed by atoms with van der Waals surface area (Å²) in [6.45, 7) is 1.79. The molecule has 1 aliphatic rings. The van der Waals surface area contributed by atoms with E-state index in [9.17, 15) is 4.79 Å². The molecule has 7 nitrogen and oxygen atoms in total. The monoisotopic (exact) mass is 305 g/mol. The first-order valence-corrected chi connectivity index (χ1v) is 6.59. The largest absolute Gasteiger partial charge is 0.466 e. The maximum Gasteiger partial charge on any atom is 0.338 e. The molecule has 1 aliphatic heterocycles. The molecule has 2 aromatic rings. The highest BCUT2D eigenvalue weighted by Crippen LogP contribution is 2.34. The standard InChI is InChI=1S/C13H12ClN5O2/c1-7-10(12(20)21-2)11(8-3-5-9(14)6-4-8)19-13(15-7)16-17-18-19/h3-6,11H,1-2H3,(H,15,16,18)/t11-/m1/s1. The van der Waals surface area contributed by atoms with Crippen LogP contribution in [0.4, 0.5) is 5.95 Å². The number of hydrogen-bond acceptors (Lipinski definition) is 6. The fraction of sp³-hybridized carbons (Fsp3) is 0.231. The second-order valence-corrected chi connectivity index (χ2v) is 4.99. The molecule has 1 aromatic heterocycles. The van der Waals surface area contributed by atoms with Gasteiger partial charge in [0, 0.05) is 10.7 Å². The van der Waals surface area contributed by atoms with Crippen LogP contribution in [-0.4, -0.2) is 33.3 Å². The van der Waals surface area contributed by atoms with E-state index < -0.39 is 12.0 Å². The SMILES string of the molecule is COC(=O)C1=C(C)Nc2nnnn2[C@@H]1c1ccc(Cl)cc1. The molecule has 2 heterocycles. The van der Waals surface area contributed by atoms with Crippen molar-refractivity contribution in [3.63, 3.8) is 0 Å². The zero-order valence-electron chi connectivity index (χ0n) is 11.4. The van der Waals surface area contributed by atoms with E-state index in [1.54, 1.807) is 23.7 Å². The van der Waals surface area contributed by atoms with Gasteiger partial charge in [-0.15, -0.1) is 0 Å². The van der Waals surface area contributed by atoms with Crippen molar-refractivity contribution in [1.29, 1.82) is 0 Å². The Morgan fingerprint density at radius 2 is 2.10 bits per heavy atom. The molecule has 0 bridgehead atoms. The Morgan fingerprint density at radius 3 is 2.76 bits per heavy atom. The lowest BCUT2D eigenvalue weighted by Crippen LogP contribution is -2.29. The number of rotatable bonds is 2. The van der Waals surface area contributed by atoms with Gasteiger partial charge in [0.15, 0.2) is 0 Å². The van der Waals surface area contributed by atoms with Crippen molar-refractivity contribution in [3.05, 3.63) is 46.1 Å². The van der Waals surface area contributed by atoms with Crippen LogP contribution in [0.3, 0.4) is 0 Å². The van der Waals surface area contributed by atoms with E-state index in [1.165, 1.54) is 7.11 Å². The van der Waals surface area contributed by atoms with E-state index in [0.717, 1.165) is 5.56 Å². The summed E-state index contributed by atoms with van der Waals surface area (Å²) in [5.41, 5.74) is 1.96. The van der Waals surface area contributed by atoms with Crippen LogP contribution in [0.2, 0.25) is 5.02 Å². The third-order valence-electron chi connectivity index (χ3n) is 3.31. The van der Waals surface area contributed by atoms with Gasteiger partial charge in [-0.05, 0) is 35.0 Å². The predicted molar refractivity (Wildman–Crippen MR) is 75.7 cm³/mol. The van der Waals surface area contributed by atoms with Crippen molar-refractivity contribution >= 4 is 23.5 Å². The minimum absolute atomic E-state index is 0.430. The Hall–Kier alpha value is -2.41. The molecule has 0 radical (unpaired) electrons. The average Bonchev–Trinajstić information content (AvgIpc) is 2.94. The Bertz CT molecular complexity index is 722. The van der Waals surface area contributed by atoms with Crippen LogP contribution in [0.5, 0.6) is 0 Å². The Labute approximate surface area is 125 Å². The number of tetrazole rings is 1. The van der Waals surface area contributed by atoms with Gasteiger partial charge in [-0.2, -0.15) is 4.68 Å². The summed E-state index contributed by atoms with van der Waals surface area (Å²) in [7, 11) is 1.34. The number of hydrogen-bond donors (Lipinski definition) is 1. The Balaban J connectivity index is 2.17. The second kappa shape index (κ2) is 5.17. The first-order valence-electron chi connectivity index (χ1n) is 6.21. The highest BCUT2D eigenvalue weighted by Gasteiger charge is 2.34. The van der Waals surface area contributed by atoms with E-state index in [-0.39, 0.29) is 0 Å². The number of esters is 1. The molecule has 1 N–H and O–H groups in total. The third kappa shape index (κ3) is 2.25. The highest BCUT2D eigenvalue weighted by atomic mass is 35.5. The van der Waals surface area contributed by atoms with Crippen LogP contribution in [-0.2, 0) is 9.53 Å². The second-order valence-electron chi connectivity index (χ2n) is 4.56. The van der Waals surface area contributed by atoms with Gasteiger partial charge in [-0.25, -0.2) is 4.79 Å². The summed E-state index contributed by atoms with van der Waals surface area (Å²) in [5.74, 6) is 0.0428. The summed E-state index contributed by atoms with van der Waals surface area (Å²) in [4.78, 5) is 12.1. The molecule has 0 spiro atoms. The maximum absolute atomic E-state index is 12.1. The van der Waals surface area contributed by atoms with Crippen LogP contribution in [0, 0.1) is 0 Å². The first kappa shape index (κ1) is 13.6. The van der Waals surface area contributed by atoms with Crippen molar-refractivity contribution in [2.45, 2.75) is 13.0 Å². The van der Waals surface area contributed by atoms with Crippen molar-refractivity contribution in [1.82, 2.24) is 20.2 Å². The van der Waals surface area contributed by atoms with Gasteiger partial charge in [-0.3, -0.25) is 0 Å². The van der Waals surface area contributed by atoms with Crippen LogP contribution in [0.25, 0.3) is 0 Å². The minimum Gasteiger partial charge on any atom is -0.466 e. The first-order chi connectivity index (χ1) is 10.1. The van der Waals surface area contributed by atoms with Crippen LogP contribution < -0.4 is 5.32 Å². The van der Waals surface area contributed by atoms with E-state index in [4.69, 9.17) is 16.3 Å². The molecule has 0 saturated heterocycles. The van der Waals surface area contributed by atoms with Gasteiger partial charge in [0.1, 0.15) is 6.04 Å². The van der Waals surface area contributed by atoms with Crippen molar-refractivity contribution in [2.75, 3.05) is 12.4 Å². The number of methoxy groups -OCH3 is 1. The number of halogens is 1. The molecule has 0 saturated carbocycles. The van der Waals surface area contributed by atoms with Gasteiger partial charge in [-0.1, -0.05) is 28.8 Å². The minimum atomic E-state index is -0.457. The number of aromatic nitrogens is 4. The van der Waals surface area contributed by atoms with Crippen LogP contribution in [0.15, 0.2) is 35.5 Å². The van der Waals surface area contributed by atoms with Crippen molar-refractivity contribution in [3.8, 4) is 0 Å².